The van der Waals surface area contributed by atoms with E-state index in [1.54, 1.807) is 0 Å². The Hall–Kier alpha value is -0.220. The Morgan fingerprint density at radius 1 is 1.08 bits per heavy atom. The third-order valence-corrected chi connectivity index (χ3v) is 3.20. The molecule has 0 fully saturated rings. The minimum Gasteiger partial charge on any atom is -0.212 e. The second-order valence-electron chi connectivity index (χ2n) is 3.71. The number of rotatable bonds is 4. The first-order valence-electron chi connectivity index (χ1n) is 4.35. The Morgan fingerprint density at radius 2 is 1.62 bits per heavy atom. The average Bonchev–Trinajstić information content (AvgIpc) is 2.02. The van der Waals surface area contributed by atoms with E-state index < -0.39 is 0 Å². The fourth-order valence-corrected chi connectivity index (χ4v) is 2.30. The van der Waals surface area contributed by atoms with E-state index in [4.69, 9.17) is 0 Å². The lowest BCUT2D eigenvalue weighted by molar-refractivity contribution is 0.684. The molecule has 0 aromatic carbocycles. The Balaban J connectivity index is 4.79. The molecule has 0 amide bonds. The van der Waals surface area contributed by atoms with Crippen LogP contribution in [0.4, 0.5) is 0 Å². The molecule has 0 rings (SSSR count). The van der Waals surface area contributed by atoms with Gasteiger partial charge in [-0.25, -0.2) is 8.42 Å². The van der Waals surface area contributed by atoms with Crippen molar-refractivity contribution in [1.82, 2.24) is 0 Å². The van der Waals surface area contributed by atoms with Gasteiger partial charge in [-0.1, -0.05) is 27.7 Å². The highest BCUT2D eigenvalue weighted by atomic mass is 32.1. The van der Waals surface area contributed by atoms with Gasteiger partial charge >= 0.3 is 0 Å². The summed E-state index contributed by atoms with van der Waals surface area (Å²) in [6, 6.07) is 0. The van der Waals surface area contributed by atoms with E-state index in [1.165, 1.54) is 0 Å². The molecule has 0 aromatic heterocycles. The number of hydrogen-bond acceptors (Lipinski definition) is 2. The van der Waals surface area contributed by atoms with Crippen LogP contribution in [0.3, 0.4) is 0 Å². The summed E-state index contributed by atoms with van der Waals surface area (Å²) in [4.78, 5) is 1.42. The van der Waals surface area contributed by atoms with Crippen LogP contribution in [-0.4, -0.2) is 18.1 Å². The van der Waals surface area contributed by atoms with Crippen molar-refractivity contribution in [3.8, 4) is 0 Å². The third-order valence-electron chi connectivity index (χ3n) is 1.58. The molecule has 0 unspecified atom stereocenters. The molecule has 0 aliphatic rings. The van der Waals surface area contributed by atoms with Crippen molar-refractivity contribution in [2.45, 2.75) is 34.1 Å². The predicted molar refractivity (Wildman–Crippen MR) is 60.6 cm³/mol. The molecule has 0 atom stereocenters. The smallest absolute Gasteiger partial charge is 0.0935 e. The lowest BCUT2D eigenvalue weighted by Gasteiger charge is -2.09. The molecule has 4 heteroatoms. The number of hydrogen-bond donors (Lipinski definition) is 0. The zero-order valence-electron chi connectivity index (χ0n) is 8.49. The van der Waals surface area contributed by atoms with Crippen LogP contribution in [0.5, 0.6) is 0 Å². The standard InChI is InChI=1S/C9H16O2S2/c1-6(2)5-8(12-10)9(13-11)7(3)4/h6-7H,5H2,1-4H3. The second-order valence-corrected chi connectivity index (χ2v) is 4.97. The van der Waals surface area contributed by atoms with Crippen molar-refractivity contribution >= 4 is 32.2 Å². The molecule has 76 valence electrons. The van der Waals surface area contributed by atoms with Crippen LogP contribution >= 0.6 is 0 Å². The molecule has 0 heterocycles. The van der Waals surface area contributed by atoms with Crippen LogP contribution in [-0.2, 0) is 22.5 Å². The lowest BCUT2D eigenvalue weighted by Crippen LogP contribution is -2.21. The van der Waals surface area contributed by atoms with Crippen LogP contribution in [0.25, 0.3) is 0 Å². The van der Waals surface area contributed by atoms with Crippen molar-refractivity contribution in [2.24, 2.45) is 11.8 Å². The maximum atomic E-state index is 10.8. The molecule has 0 aliphatic carbocycles. The molecule has 0 radical (unpaired) electrons. The molecule has 0 spiro atoms. The van der Waals surface area contributed by atoms with Gasteiger partial charge in [-0.3, -0.25) is 0 Å². The van der Waals surface area contributed by atoms with Gasteiger partial charge in [0.25, 0.3) is 0 Å². The van der Waals surface area contributed by atoms with Gasteiger partial charge < -0.3 is 0 Å². The van der Waals surface area contributed by atoms with Gasteiger partial charge in [0.15, 0.2) is 0 Å². The van der Waals surface area contributed by atoms with Crippen molar-refractivity contribution in [3.05, 3.63) is 0 Å². The van der Waals surface area contributed by atoms with E-state index in [-0.39, 0.29) is 5.92 Å². The fraction of sp³-hybridized carbons (Fsp3) is 0.778. The Bertz CT molecular complexity index is 269. The highest BCUT2D eigenvalue weighted by Gasteiger charge is 2.13. The van der Waals surface area contributed by atoms with Crippen molar-refractivity contribution < 1.29 is 8.42 Å². The summed E-state index contributed by atoms with van der Waals surface area (Å²) < 4.78 is 21.5. The van der Waals surface area contributed by atoms with Crippen molar-refractivity contribution in [3.63, 3.8) is 0 Å². The van der Waals surface area contributed by atoms with E-state index in [2.05, 4.69) is 0 Å². The zero-order valence-corrected chi connectivity index (χ0v) is 10.1. The zero-order chi connectivity index (χ0) is 10.4. The van der Waals surface area contributed by atoms with Crippen LogP contribution < -0.4 is 0 Å². The summed E-state index contributed by atoms with van der Waals surface area (Å²) in [5, 5.41) is 0. The van der Waals surface area contributed by atoms with Crippen LogP contribution in [0.15, 0.2) is 0 Å². The quantitative estimate of drug-likeness (QED) is 0.672. The molecule has 13 heavy (non-hydrogen) atoms. The van der Waals surface area contributed by atoms with Gasteiger partial charge in [0.1, 0.15) is 0 Å². The topological polar surface area (TPSA) is 34.1 Å². The fourth-order valence-electron chi connectivity index (χ4n) is 1.01. The highest BCUT2D eigenvalue weighted by molar-refractivity contribution is 7.76. The van der Waals surface area contributed by atoms with Crippen LogP contribution in [0, 0.1) is 11.8 Å². The highest BCUT2D eigenvalue weighted by Crippen LogP contribution is 2.06. The van der Waals surface area contributed by atoms with Gasteiger partial charge in [0.05, 0.1) is 32.2 Å². The van der Waals surface area contributed by atoms with E-state index in [9.17, 15) is 8.42 Å². The summed E-state index contributed by atoms with van der Waals surface area (Å²) in [7, 11) is 0. The first-order valence-corrected chi connectivity index (χ1v) is 5.83. The summed E-state index contributed by atoms with van der Waals surface area (Å²) in [6.45, 7) is 7.97. The first-order chi connectivity index (χ1) is 6.02. The maximum absolute atomic E-state index is 10.8. The average molecular weight is 220 g/mol. The van der Waals surface area contributed by atoms with Gasteiger partial charge in [-0.05, 0) is 18.3 Å². The molecule has 0 N–H and O–H groups in total. The summed E-state index contributed by atoms with van der Waals surface area (Å²) >= 11 is 0.930. The van der Waals surface area contributed by atoms with E-state index >= 15 is 0 Å². The lowest BCUT2D eigenvalue weighted by atomic mass is 10.0. The largest absolute Gasteiger partial charge is 0.212 e. The normalized spacial score (nSPS) is 10.3. The molecule has 2 nitrogen and oxygen atoms in total. The van der Waals surface area contributed by atoms with Gasteiger partial charge in [-0.15, -0.1) is 0 Å². The van der Waals surface area contributed by atoms with Crippen LogP contribution in [0.2, 0.25) is 0 Å². The molecular weight excluding hydrogens is 204 g/mol. The van der Waals surface area contributed by atoms with Gasteiger partial charge in [0.2, 0.25) is 0 Å². The minimum absolute atomic E-state index is 0.165. The van der Waals surface area contributed by atoms with Crippen LogP contribution in [0.1, 0.15) is 34.1 Å². The van der Waals surface area contributed by atoms with Gasteiger partial charge in [-0.2, -0.15) is 0 Å². The first kappa shape index (κ1) is 12.8. The van der Waals surface area contributed by atoms with E-state index in [0.29, 0.717) is 38.2 Å². The molecule has 0 aromatic rings. The Kier molecular flexibility index (Phi) is 6.16. The summed E-state index contributed by atoms with van der Waals surface area (Å²) in [5.74, 6) is 0.593. The molecule has 0 saturated heterocycles. The SMILES string of the molecule is CC(C)CC(=S=O)C(=S=O)C(C)C. The van der Waals surface area contributed by atoms with E-state index in [0.717, 1.165) is 6.42 Å². The maximum Gasteiger partial charge on any atom is 0.0935 e. The Morgan fingerprint density at radius 3 is 1.85 bits per heavy atom. The molecule has 0 saturated carbocycles. The second kappa shape index (κ2) is 6.27. The summed E-state index contributed by atoms with van der Waals surface area (Å²) in [6.07, 6.45) is 0.719. The monoisotopic (exact) mass is 220 g/mol. The van der Waals surface area contributed by atoms with Crippen molar-refractivity contribution in [2.75, 3.05) is 0 Å². The summed E-state index contributed by atoms with van der Waals surface area (Å²) in [5.41, 5.74) is 0. The Labute approximate surface area is 86.9 Å². The molecule has 0 bridgehead atoms. The van der Waals surface area contributed by atoms with E-state index in [1.807, 2.05) is 27.7 Å². The van der Waals surface area contributed by atoms with Crippen molar-refractivity contribution in [1.29, 1.82) is 0 Å². The van der Waals surface area contributed by atoms with Gasteiger partial charge in [0, 0.05) is 0 Å². The molecular formula is C9H16O2S2. The molecule has 0 aliphatic heterocycles. The predicted octanol–water partition coefficient (Wildman–Crippen LogP) is 1.46. The minimum atomic E-state index is 0.165. The third kappa shape index (κ3) is 4.52.